The topological polar surface area (TPSA) is 12.0 Å². The first-order valence-electron chi connectivity index (χ1n) is 4.56. The molecule has 0 amide bonds. The maximum atomic E-state index is 3.66. The van der Waals surface area contributed by atoms with E-state index in [2.05, 4.69) is 12.2 Å². The molecule has 1 heterocycles. The van der Waals surface area contributed by atoms with Gasteiger partial charge in [0.25, 0.3) is 0 Å². The first-order valence-corrected chi connectivity index (χ1v) is 4.56. The van der Waals surface area contributed by atoms with E-state index in [1.807, 2.05) is 0 Å². The van der Waals surface area contributed by atoms with Gasteiger partial charge in [-0.1, -0.05) is 6.92 Å². The summed E-state index contributed by atoms with van der Waals surface area (Å²) in [4.78, 5) is 0. The van der Waals surface area contributed by atoms with E-state index in [1.165, 1.54) is 38.6 Å². The first-order chi connectivity index (χ1) is 4.81. The molecule has 1 heteroatoms. The van der Waals surface area contributed by atoms with Crippen LogP contribution in [0.4, 0.5) is 0 Å². The van der Waals surface area contributed by atoms with Crippen LogP contribution in [0.15, 0.2) is 0 Å². The van der Waals surface area contributed by atoms with E-state index in [9.17, 15) is 0 Å². The molecule has 58 valence electrons. The smallest absolute Gasteiger partial charge is 0.0184 e. The summed E-state index contributed by atoms with van der Waals surface area (Å²) in [6.45, 7) is 3.65. The summed E-state index contributed by atoms with van der Waals surface area (Å²) in [5, 5.41) is 3.66. The van der Waals surface area contributed by atoms with E-state index in [-0.39, 0.29) is 0 Å². The van der Waals surface area contributed by atoms with Crippen LogP contribution in [0.5, 0.6) is 0 Å². The van der Waals surface area contributed by atoms with Crippen LogP contribution >= 0.6 is 0 Å². The Bertz CT molecular complexity index is 125. The van der Waals surface area contributed by atoms with Gasteiger partial charge in [0.1, 0.15) is 0 Å². The fourth-order valence-electron chi connectivity index (χ4n) is 2.65. The molecule has 1 saturated heterocycles. The van der Waals surface area contributed by atoms with E-state index >= 15 is 0 Å². The Kier molecular flexibility index (Phi) is 1.48. The fourth-order valence-corrected chi connectivity index (χ4v) is 2.65. The highest BCUT2D eigenvalue weighted by Crippen LogP contribution is 2.39. The molecule has 2 fully saturated rings. The Morgan fingerprint density at radius 1 is 1.40 bits per heavy atom. The van der Waals surface area contributed by atoms with Crippen LogP contribution in [0, 0.1) is 5.92 Å². The minimum absolute atomic E-state index is 0.611. The third-order valence-corrected chi connectivity index (χ3v) is 3.19. The third kappa shape index (κ3) is 0.968. The highest BCUT2D eigenvalue weighted by molar-refractivity contribution is 4.98. The zero-order valence-electron chi connectivity index (χ0n) is 6.82. The fraction of sp³-hybridized carbons (Fsp3) is 1.00. The van der Waals surface area contributed by atoms with Gasteiger partial charge in [-0.25, -0.2) is 0 Å². The summed E-state index contributed by atoms with van der Waals surface area (Å²) in [6.07, 6.45) is 7.18. The Balaban J connectivity index is 2.03. The highest BCUT2D eigenvalue weighted by Gasteiger charge is 2.38. The Labute approximate surface area is 63.2 Å². The van der Waals surface area contributed by atoms with Crippen molar-refractivity contribution in [3.8, 4) is 0 Å². The average molecular weight is 139 g/mol. The number of nitrogens with one attached hydrogen (secondary N) is 1. The van der Waals surface area contributed by atoms with E-state index in [4.69, 9.17) is 0 Å². The molecule has 0 radical (unpaired) electrons. The van der Waals surface area contributed by atoms with Crippen LogP contribution in [-0.4, -0.2) is 12.1 Å². The Morgan fingerprint density at radius 3 is 2.80 bits per heavy atom. The average Bonchev–Trinajstić information content (AvgIpc) is 2.46. The second kappa shape index (κ2) is 2.23. The lowest BCUT2D eigenvalue weighted by molar-refractivity contribution is 0.375. The van der Waals surface area contributed by atoms with Crippen molar-refractivity contribution in [2.24, 2.45) is 5.92 Å². The van der Waals surface area contributed by atoms with Gasteiger partial charge < -0.3 is 5.32 Å². The summed E-state index contributed by atoms with van der Waals surface area (Å²) < 4.78 is 0. The molecule has 2 aliphatic rings. The summed E-state index contributed by atoms with van der Waals surface area (Å²) in [5.41, 5.74) is 0.611. The maximum Gasteiger partial charge on any atom is 0.0184 e. The number of hydrogen-bond acceptors (Lipinski definition) is 1. The zero-order chi connectivity index (χ0) is 7.03. The zero-order valence-corrected chi connectivity index (χ0v) is 6.82. The van der Waals surface area contributed by atoms with E-state index in [0.717, 1.165) is 5.92 Å². The molecule has 1 aliphatic carbocycles. The van der Waals surface area contributed by atoms with Gasteiger partial charge in [0.05, 0.1) is 0 Å². The molecular weight excluding hydrogens is 122 g/mol. The molecule has 0 aromatic rings. The molecule has 1 saturated carbocycles. The van der Waals surface area contributed by atoms with Crippen LogP contribution in [-0.2, 0) is 0 Å². The molecule has 2 unspecified atom stereocenters. The Morgan fingerprint density at radius 2 is 2.30 bits per heavy atom. The van der Waals surface area contributed by atoms with Gasteiger partial charge in [0, 0.05) is 5.54 Å². The SMILES string of the molecule is CC1CCC2(CCCN2)C1. The molecule has 1 N–H and O–H groups in total. The lowest BCUT2D eigenvalue weighted by Crippen LogP contribution is -2.36. The number of hydrogen-bond donors (Lipinski definition) is 1. The minimum Gasteiger partial charge on any atom is -0.311 e. The number of rotatable bonds is 0. The third-order valence-electron chi connectivity index (χ3n) is 3.19. The van der Waals surface area contributed by atoms with Crippen molar-refractivity contribution in [2.45, 2.75) is 44.6 Å². The first kappa shape index (κ1) is 6.66. The minimum atomic E-state index is 0.611. The van der Waals surface area contributed by atoms with Gasteiger partial charge in [0.2, 0.25) is 0 Å². The predicted octanol–water partition coefficient (Wildman–Crippen LogP) is 1.93. The van der Waals surface area contributed by atoms with Gasteiger partial charge in [-0.05, 0) is 44.6 Å². The summed E-state index contributed by atoms with van der Waals surface area (Å²) in [6, 6.07) is 0. The normalized spacial score (nSPS) is 47.1. The molecule has 1 aliphatic heterocycles. The molecule has 0 aromatic carbocycles. The molecule has 2 rings (SSSR count). The molecule has 0 bridgehead atoms. The van der Waals surface area contributed by atoms with Gasteiger partial charge in [-0.3, -0.25) is 0 Å². The molecule has 1 spiro atoms. The molecule has 2 atom stereocenters. The van der Waals surface area contributed by atoms with Crippen LogP contribution in [0.25, 0.3) is 0 Å². The Hall–Kier alpha value is -0.0400. The predicted molar refractivity (Wildman–Crippen MR) is 43.0 cm³/mol. The van der Waals surface area contributed by atoms with Crippen molar-refractivity contribution in [3.63, 3.8) is 0 Å². The summed E-state index contributed by atoms with van der Waals surface area (Å²) in [7, 11) is 0. The largest absolute Gasteiger partial charge is 0.311 e. The molecule has 10 heavy (non-hydrogen) atoms. The second-order valence-corrected chi connectivity index (χ2v) is 4.16. The van der Waals surface area contributed by atoms with Crippen molar-refractivity contribution < 1.29 is 0 Å². The molecule has 0 aromatic heterocycles. The van der Waals surface area contributed by atoms with Crippen molar-refractivity contribution in [2.75, 3.05) is 6.54 Å². The lowest BCUT2D eigenvalue weighted by Gasteiger charge is -2.22. The van der Waals surface area contributed by atoms with Crippen molar-refractivity contribution in [1.82, 2.24) is 5.32 Å². The van der Waals surface area contributed by atoms with Gasteiger partial charge in [0.15, 0.2) is 0 Å². The van der Waals surface area contributed by atoms with Gasteiger partial charge in [-0.2, -0.15) is 0 Å². The standard InChI is InChI=1S/C9H17N/c1-8-3-5-9(7-8)4-2-6-10-9/h8,10H,2-7H2,1H3. The van der Waals surface area contributed by atoms with Crippen LogP contribution in [0.3, 0.4) is 0 Å². The molecule has 1 nitrogen and oxygen atoms in total. The van der Waals surface area contributed by atoms with Crippen molar-refractivity contribution in [3.05, 3.63) is 0 Å². The van der Waals surface area contributed by atoms with E-state index < -0.39 is 0 Å². The van der Waals surface area contributed by atoms with E-state index in [0.29, 0.717) is 5.54 Å². The van der Waals surface area contributed by atoms with E-state index in [1.54, 1.807) is 0 Å². The molecular formula is C9H17N. The van der Waals surface area contributed by atoms with Crippen LogP contribution < -0.4 is 5.32 Å². The van der Waals surface area contributed by atoms with Crippen LogP contribution in [0.1, 0.15) is 39.0 Å². The summed E-state index contributed by atoms with van der Waals surface area (Å²) in [5.74, 6) is 0.977. The second-order valence-electron chi connectivity index (χ2n) is 4.16. The van der Waals surface area contributed by atoms with Gasteiger partial charge >= 0.3 is 0 Å². The van der Waals surface area contributed by atoms with Crippen molar-refractivity contribution >= 4 is 0 Å². The van der Waals surface area contributed by atoms with Crippen LogP contribution in [0.2, 0.25) is 0 Å². The lowest BCUT2D eigenvalue weighted by atomic mass is 9.95. The quantitative estimate of drug-likeness (QED) is 0.540. The summed E-state index contributed by atoms with van der Waals surface area (Å²) >= 11 is 0. The van der Waals surface area contributed by atoms with Crippen molar-refractivity contribution in [1.29, 1.82) is 0 Å². The maximum absolute atomic E-state index is 3.66. The van der Waals surface area contributed by atoms with Gasteiger partial charge in [-0.15, -0.1) is 0 Å². The highest BCUT2D eigenvalue weighted by atomic mass is 15.0. The monoisotopic (exact) mass is 139 g/mol.